The van der Waals surface area contributed by atoms with Gasteiger partial charge in [0.2, 0.25) is 0 Å². The van der Waals surface area contributed by atoms with Crippen molar-refractivity contribution in [3.63, 3.8) is 0 Å². The first-order valence-corrected chi connectivity index (χ1v) is 6.91. The van der Waals surface area contributed by atoms with Crippen molar-refractivity contribution in [3.05, 3.63) is 35.7 Å². The molecule has 6 heteroatoms. The minimum absolute atomic E-state index is 0.229. The van der Waals surface area contributed by atoms with Crippen molar-refractivity contribution >= 4 is 22.5 Å². The molecule has 112 valence electrons. The van der Waals surface area contributed by atoms with E-state index >= 15 is 0 Å². The van der Waals surface area contributed by atoms with Gasteiger partial charge in [0.05, 0.1) is 5.69 Å². The molecule has 0 aliphatic rings. The molecule has 0 bridgehead atoms. The molecule has 1 aromatic carbocycles. The molecule has 0 aliphatic heterocycles. The van der Waals surface area contributed by atoms with Crippen LogP contribution in [-0.4, -0.2) is 27.1 Å². The van der Waals surface area contributed by atoms with E-state index in [9.17, 15) is 5.11 Å². The van der Waals surface area contributed by atoms with E-state index in [0.717, 1.165) is 22.1 Å². The van der Waals surface area contributed by atoms with Crippen LogP contribution in [0.5, 0.6) is 5.75 Å². The number of aromatic hydroxyl groups is 1. The molecule has 0 amide bonds. The Hall–Kier alpha value is -2.89. The fourth-order valence-electron chi connectivity index (χ4n) is 2.59. The van der Waals surface area contributed by atoms with Crippen LogP contribution in [0.4, 0.5) is 11.6 Å². The molecule has 6 nitrogen and oxygen atoms in total. The summed E-state index contributed by atoms with van der Waals surface area (Å²) in [5.41, 5.74) is 9.96. The van der Waals surface area contributed by atoms with E-state index in [-0.39, 0.29) is 5.75 Å². The first kappa shape index (κ1) is 14.1. The number of rotatable bonds is 2. The van der Waals surface area contributed by atoms with Gasteiger partial charge < -0.3 is 16.2 Å². The highest BCUT2D eigenvalue weighted by atomic mass is 16.3. The Morgan fingerprint density at radius 2 is 1.95 bits per heavy atom. The molecule has 4 N–H and O–H groups in total. The maximum Gasteiger partial charge on any atom is 0.134 e. The third kappa shape index (κ3) is 2.09. The number of pyridine rings is 1. The average Bonchev–Trinajstić information content (AvgIpc) is 2.52. The van der Waals surface area contributed by atoms with Crippen LogP contribution >= 0.6 is 0 Å². The van der Waals surface area contributed by atoms with Crippen LogP contribution in [0.1, 0.15) is 11.1 Å². The summed E-state index contributed by atoms with van der Waals surface area (Å²) < 4.78 is 0. The summed E-state index contributed by atoms with van der Waals surface area (Å²) in [6.07, 6.45) is 1.43. The zero-order chi connectivity index (χ0) is 15.9. The number of benzene rings is 1. The molecule has 0 atom stereocenters. The second kappa shape index (κ2) is 5.14. The van der Waals surface area contributed by atoms with Crippen LogP contribution < -0.4 is 11.1 Å². The lowest BCUT2D eigenvalue weighted by Gasteiger charge is -2.14. The third-order valence-electron chi connectivity index (χ3n) is 3.79. The number of hydrogen-bond acceptors (Lipinski definition) is 6. The quantitative estimate of drug-likeness (QED) is 0.672. The number of phenols is 1. The van der Waals surface area contributed by atoms with Crippen molar-refractivity contribution < 1.29 is 5.11 Å². The Morgan fingerprint density at radius 1 is 1.18 bits per heavy atom. The van der Waals surface area contributed by atoms with Crippen LogP contribution in [-0.2, 0) is 0 Å². The van der Waals surface area contributed by atoms with Gasteiger partial charge >= 0.3 is 0 Å². The standard InChI is InChI=1S/C16H17N5O/c1-8-4-5-11(22)9(2)13(8)15-14-10(6-12(18-3)21-15)16(17)20-7-19-14/h4-7,22H,1-3H3,(H,18,21)(H2,17,19,20). The zero-order valence-electron chi connectivity index (χ0n) is 12.7. The summed E-state index contributed by atoms with van der Waals surface area (Å²) in [6, 6.07) is 5.37. The van der Waals surface area contributed by atoms with Gasteiger partial charge in [-0.25, -0.2) is 15.0 Å². The molecule has 22 heavy (non-hydrogen) atoms. The summed E-state index contributed by atoms with van der Waals surface area (Å²) in [6.45, 7) is 3.84. The number of nitrogens with two attached hydrogens (primary N) is 1. The summed E-state index contributed by atoms with van der Waals surface area (Å²) in [5, 5.41) is 13.8. The molecular formula is C16H17N5O. The number of aryl methyl sites for hydroxylation is 1. The van der Waals surface area contributed by atoms with E-state index in [2.05, 4.69) is 20.3 Å². The van der Waals surface area contributed by atoms with Crippen molar-refractivity contribution in [3.8, 4) is 17.0 Å². The second-order valence-electron chi connectivity index (χ2n) is 5.16. The first-order chi connectivity index (χ1) is 10.5. The number of nitrogen functional groups attached to an aromatic ring is 1. The normalized spacial score (nSPS) is 10.9. The summed E-state index contributed by atoms with van der Waals surface area (Å²) in [5.74, 6) is 1.30. The lowest BCUT2D eigenvalue weighted by atomic mass is 9.97. The number of nitrogens with zero attached hydrogens (tertiary/aromatic N) is 3. The second-order valence-corrected chi connectivity index (χ2v) is 5.16. The third-order valence-corrected chi connectivity index (χ3v) is 3.79. The average molecular weight is 295 g/mol. The van der Waals surface area contributed by atoms with Crippen LogP contribution in [0.15, 0.2) is 24.5 Å². The van der Waals surface area contributed by atoms with Crippen molar-refractivity contribution in [1.82, 2.24) is 15.0 Å². The molecular weight excluding hydrogens is 278 g/mol. The predicted molar refractivity (Wildman–Crippen MR) is 87.9 cm³/mol. The van der Waals surface area contributed by atoms with Gasteiger partial charge in [0.15, 0.2) is 0 Å². The Bertz CT molecular complexity index is 876. The van der Waals surface area contributed by atoms with E-state index in [1.165, 1.54) is 6.33 Å². The molecule has 3 rings (SSSR count). The highest BCUT2D eigenvalue weighted by molar-refractivity contribution is 5.99. The Balaban J connectivity index is 2.46. The van der Waals surface area contributed by atoms with Crippen molar-refractivity contribution in [2.24, 2.45) is 0 Å². The SMILES string of the molecule is CNc1cc2c(N)ncnc2c(-c2c(C)ccc(O)c2C)n1. The fraction of sp³-hybridized carbons (Fsp3) is 0.188. The number of hydrogen-bond donors (Lipinski definition) is 3. The number of anilines is 2. The lowest BCUT2D eigenvalue weighted by Crippen LogP contribution is -2.02. The molecule has 0 aliphatic carbocycles. The molecule has 2 aromatic heterocycles. The van der Waals surface area contributed by atoms with E-state index in [1.54, 1.807) is 13.1 Å². The van der Waals surface area contributed by atoms with Gasteiger partial charge in [-0.3, -0.25) is 0 Å². The van der Waals surface area contributed by atoms with E-state index in [1.807, 2.05) is 26.0 Å². The van der Waals surface area contributed by atoms with Gasteiger partial charge in [-0.1, -0.05) is 6.07 Å². The molecule has 0 saturated carbocycles. The minimum Gasteiger partial charge on any atom is -0.508 e. The molecule has 3 aromatic rings. The summed E-state index contributed by atoms with van der Waals surface area (Å²) in [7, 11) is 1.79. The van der Waals surface area contributed by atoms with E-state index in [0.29, 0.717) is 22.8 Å². The van der Waals surface area contributed by atoms with E-state index < -0.39 is 0 Å². The van der Waals surface area contributed by atoms with Crippen LogP contribution in [0, 0.1) is 13.8 Å². The van der Waals surface area contributed by atoms with Crippen molar-refractivity contribution in [1.29, 1.82) is 0 Å². The molecule has 0 radical (unpaired) electrons. The number of fused-ring (bicyclic) bond motifs is 1. The monoisotopic (exact) mass is 295 g/mol. The molecule has 2 heterocycles. The fourth-order valence-corrected chi connectivity index (χ4v) is 2.59. The van der Waals surface area contributed by atoms with Crippen LogP contribution in [0.2, 0.25) is 0 Å². The van der Waals surface area contributed by atoms with Crippen LogP contribution in [0.3, 0.4) is 0 Å². The van der Waals surface area contributed by atoms with Gasteiger partial charge in [0.25, 0.3) is 0 Å². The molecule has 0 spiro atoms. The Morgan fingerprint density at radius 3 is 2.68 bits per heavy atom. The van der Waals surface area contributed by atoms with Crippen LogP contribution in [0.25, 0.3) is 22.2 Å². The van der Waals surface area contributed by atoms with E-state index in [4.69, 9.17) is 5.73 Å². The summed E-state index contributed by atoms with van der Waals surface area (Å²) in [4.78, 5) is 13.0. The van der Waals surface area contributed by atoms with Gasteiger partial charge in [-0.15, -0.1) is 0 Å². The Labute approximate surface area is 128 Å². The lowest BCUT2D eigenvalue weighted by molar-refractivity contribution is 0.471. The Kier molecular flexibility index (Phi) is 3.29. The zero-order valence-corrected chi connectivity index (χ0v) is 12.7. The van der Waals surface area contributed by atoms with Gasteiger partial charge in [-0.2, -0.15) is 0 Å². The highest BCUT2D eigenvalue weighted by Gasteiger charge is 2.17. The smallest absolute Gasteiger partial charge is 0.134 e. The van der Waals surface area contributed by atoms with Crippen molar-refractivity contribution in [2.45, 2.75) is 13.8 Å². The highest BCUT2D eigenvalue weighted by Crippen LogP contribution is 2.36. The molecule has 0 unspecified atom stereocenters. The maximum atomic E-state index is 10.0. The van der Waals surface area contributed by atoms with Gasteiger partial charge in [-0.05, 0) is 31.5 Å². The minimum atomic E-state index is 0.229. The largest absolute Gasteiger partial charge is 0.508 e. The molecule has 0 fully saturated rings. The van der Waals surface area contributed by atoms with Gasteiger partial charge in [0, 0.05) is 23.6 Å². The number of aromatic nitrogens is 3. The molecule has 0 saturated heterocycles. The maximum absolute atomic E-state index is 10.0. The number of nitrogens with one attached hydrogen (secondary N) is 1. The predicted octanol–water partition coefficient (Wildman–Crippen LogP) is 2.64. The topological polar surface area (TPSA) is 97.0 Å². The summed E-state index contributed by atoms with van der Waals surface area (Å²) >= 11 is 0. The van der Waals surface area contributed by atoms with Gasteiger partial charge in [0.1, 0.15) is 29.2 Å². The number of phenolic OH excluding ortho intramolecular Hbond substituents is 1. The van der Waals surface area contributed by atoms with Crippen molar-refractivity contribution in [2.75, 3.05) is 18.1 Å². The first-order valence-electron chi connectivity index (χ1n) is 6.91.